The topological polar surface area (TPSA) is 61.4 Å². The molecule has 1 saturated heterocycles. The van der Waals surface area contributed by atoms with E-state index in [1.54, 1.807) is 0 Å². The monoisotopic (exact) mass is 265 g/mol. The molecule has 1 heterocycles. The number of carbonyl (C=O) groups is 2. The smallest absolute Gasteiger partial charge is 0.234 e. The highest BCUT2D eigenvalue weighted by atomic mass is 16.2. The molecule has 0 bridgehead atoms. The number of amides is 2. The molecule has 0 radical (unpaired) electrons. The highest BCUT2D eigenvalue weighted by Gasteiger charge is 2.35. The fourth-order valence-corrected chi connectivity index (χ4v) is 2.64. The van der Waals surface area contributed by atoms with E-state index >= 15 is 0 Å². The SMILES string of the molecule is O=C(CNC1CC1)NC1CCN(C(=O)C2CC2)CC1. The van der Waals surface area contributed by atoms with Crippen LogP contribution in [-0.2, 0) is 9.59 Å². The van der Waals surface area contributed by atoms with Crippen LogP contribution in [-0.4, -0.2) is 48.4 Å². The van der Waals surface area contributed by atoms with E-state index in [4.69, 9.17) is 0 Å². The van der Waals surface area contributed by atoms with Crippen molar-refractivity contribution >= 4 is 11.8 Å². The van der Waals surface area contributed by atoms with Gasteiger partial charge in [-0.25, -0.2) is 0 Å². The molecule has 2 amide bonds. The van der Waals surface area contributed by atoms with Gasteiger partial charge in [0.25, 0.3) is 0 Å². The molecule has 3 fully saturated rings. The quantitative estimate of drug-likeness (QED) is 0.749. The number of rotatable bonds is 5. The highest BCUT2D eigenvalue weighted by Crippen LogP contribution is 2.31. The van der Waals surface area contributed by atoms with E-state index in [1.807, 2.05) is 4.90 Å². The molecule has 5 heteroatoms. The Morgan fingerprint density at radius 3 is 2.21 bits per heavy atom. The third kappa shape index (κ3) is 3.69. The molecule has 3 rings (SSSR count). The van der Waals surface area contributed by atoms with Crippen molar-refractivity contribution in [2.45, 2.75) is 50.6 Å². The van der Waals surface area contributed by atoms with Gasteiger partial charge in [0, 0.05) is 31.1 Å². The lowest BCUT2D eigenvalue weighted by Gasteiger charge is -2.32. The van der Waals surface area contributed by atoms with Gasteiger partial charge in [-0.2, -0.15) is 0 Å². The molecule has 0 unspecified atom stereocenters. The molecule has 3 aliphatic rings. The first kappa shape index (κ1) is 12.9. The Hall–Kier alpha value is -1.10. The minimum Gasteiger partial charge on any atom is -0.352 e. The van der Waals surface area contributed by atoms with Gasteiger partial charge in [0.15, 0.2) is 0 Å². The molecule has 106 valence electrons. The maximum atomic E-state index is 11.9. The van der Waals surface area contributed by atoms with E-state index in [0.717, 1.165) is 38.8 Å². The molecule has 1 aliphatic heterocycles. The first-order chi connectivity index (χ1) is 9.22. The Balaban J connectivity index is 1.34. The van der Waals surface area contributed by atoms with Gasteiger partial charge < -0.3 is 15.5 Å². The number of nitrogens with zero attached hydrogens (tertiary/aromatic N) is 1. The average Bonchev–Trinajstić information content (AvgIpc) is 3.30. The molecule has 2 N–H and O–H groups in total. The summed E-state index contributed by atoms with van der Waals surface area (Å²) in [4.78, 5) is 25.6. The number of likely N-dealkylation sites (tertiary alicyclic amines) is 1. The minimum atomic E-state index is 0.0962. The van der Waals surface area contributed by atoms with Crippen molar-refractivity contribution in [3.05, 3.63) is 0 Å². The van der Waals surface area contributed by atoms with Gasteiger partial charge in [-0.05, 0) is 38.5 Å². The first-order valence-corrected chi connectivity index (χ1v) is 7.54. The maximum Gasteiger partial charge on any atom is 0.234 e. The van der Waals surface area contributed by atoms with Crippen LogP contribution in [0.4, 0.5) is 0 Å². The number of carbonyl (C=O) groups excluding carboxylic acids is 2. The van der Waals surface area contributed by atoms with Crippen LogP contribution in [0, 0.1) is 5.92 Å². The van der Waals surface area contributed by atoms with Crippen LogP contribution in [0.3, 0.4) is 0 Å². The van der Waals surface area contributed by atoms with Crippen molar-refractivity contribution < 1.29 is 9.59 Å². The van der Waals surface area contributed by atoms with Gasteiger partial charge in [0.05, 0.1) is 6.54 Å². The fraction of sp³-hybridized carbons (Fsp3) is 0.857. The molecular formula is C14H23N3O2. The number of hydrogen-bond donors (Lipinski definition) is 2. The van der Waals surface area contributed by atoms with Gasteiger partial charge in [-0.1, -0.05) is 0 Å². The standard InChI is InChI=1S/C14H23N3O2/c18-13(9-15-11-3-4-11)16-12-5-7-17(8-6-12)14(19)10-1-2-10/h10-12,15H,1-9H2,(H,16,18). The lowest BCUT2D eigenvalue weighted by molar-refractivity contribution is -0.133. The summed E-state index contributed by atoms with van der Waals surface area (Å²) in [6.45, 7) is 2.04. The number of hydrogen-bond acceptors (Lipinski definition) is 3. The van der Waals surface area contributed by atoms with Gasteiger partial charge in [-0.15, -0.1) is 0 Å². The van der Waals surface area contributed by atoms with E-state index in [-0.39, 0.29) is 11.9 Å². The van der Waals surface area contributed by atoms with Crippen molar-refractivity contribution in [3.8, 4) is 0 Å². The summed E-state index contributed by atoms with van der Waals surface area (Å²) < 4.78 is 0. The Bertz CT molecular complexity index is 356. The van der Waals surface area contributed by atoms with Gasteiger partial charge in [0.2, 0.25) is 11.8 Å². The molecule has 0 aromatic rings. The molecule has 0 aromatic carbocycles. The zero-order valence-electron chi connectivity index (χ0n) is 11.4. The van der Waals surface area contributed by atoms with Crippen LogP contribution in [0.25, 0.3) is 0 Å². The lowest BCUT2D eigenvalue weighted by Crippen LogP contribution is -2.48. The van der Waals surface area contributed by atoms with E-state index in [9.17, 15) is 9.59 Å². The van der Waals surface area contributed by atoms with Crippen molar-refractivity contribution in [3.63, 3.8) is 0 Å². The summed E-state index contributed by atoms with van der Waals surface area (Å²) in [6, 6.07) is 0.820. The highest BCUT2D eigenvalue weighted by molar-refractivity contribution is 5.81. The van der Waals surface area contributed by atoms with Gasteiger partial charge in [-0.3, -0.25) is 9.59 Å². The second-order valence-electron chi connectivity index (χ2n) is 6.10. The second-order valence-corrected chi connectivity index (χ2v) is 6.10. The minimum absolute atomic E-state index is 0.0962. The summed E-state index contributed by atoms with van der Waals surface area (Å²) in [6.07, 6.45) is 6.34. The van der Waals surface area contributed by atoms with Crippen molar-refractivity contribution in [1.82, 2.24) is 15.5 Å². The van der Waals surface area contributed by atoms with Crippen LogP contribution in [0.15, 0.2) is 0 Å². The van der Waals surface area contributed by atoms with Gasteiger partial charge in [0.1, 0.15) is 0 Å². The van der Waals surface area contributed by atoms with E-state index in [0.29, 0.717) is 24.4 Å². The molecule has 0 spiro atoms. The lowest BCUT2D eigenvalue weighted by atomic mass is 10.0. The molecule has 5 nitrogen and oxygen atoms in total. The second kappa shape index (κ2) is 5.49. The normalized spacial score (nSPS) is 24.3. The van der Waals surface area contributed by atoms with Crippen molar-refractivity contribution in [2.24, 2.45) is 5.92 Å². The third-order valence-corrected chi connectivity index (χ3v) is 4.23. The van der Waals surface area contributed by atoms with Crippen molar-refractivity contribution in [1.29, 1.82) is 0 Å². The zero-order chi connectivity index (χ0) is 13.2. The van der Waals surface area contributed by atoms with E-state index in [1.165, 1.54) is 12.8 Å². The Labute approximate surface area is 114 Å². The van der Waals surface area contributed by atoms with E-state index < -0.39 is 0 Å². The first-order valence-electron chi connectivity index (χ1n) is 7.54. The Morgan fingerprint density at radius 1 is 0.947 bits per heavy atom. The Kier molecular flexibility index (Phi) is 3.73. The molecule has 0 aromatic heterocycles. The van der Waals surface area contributed by atoms with Crippen LogP contribution >= 0.6 is 0 Å². The summed E-state index contributed by atoms with van der Waals surface area (Å²) >= 11 is 0. The Morgan fingerprint density at radius 2 is 1.63 bits per heavy atom. The predicted molar refractivity (Wildman–Crippen MR) is 71.5 cm³/mol. The summed E-state index contributed by atoms with van der Waals surface area (Å²) in [5.41, 5.74) is 0. The molecule has 0 atom stereocenters. The molecule has 2 aliphatic carbocycles. The summed E-state index contributed by atoms with van der Waals surface area (Å²) in [5.74, 6) is 0.743. The van der Waals surface area contributed by atoms with E-state index in [2.05, 4.69) is 10.6 Å². The average molecular weight is 265 g/mol. The van der Waals surface area contributed by atoms with Crippen LogP contribution in [0.1, 0.15) is 38.5 Å². The number of piperidine rings is 1. The largest absolute Gasteiger partial charge is 0.352 e. The van der Waals surface area contributed by atoms with Crippen LogP contribution < -0.4 is 10.6 Å². The number of nitrogens with one attached hydrogen (secondary N) is 2. The summed E-state index contributed by atoms with van der Waals surface area (Å²) in [5, 5.41) is 6.29. The maximum absolute atomic E-state index is 11.9. The molecule has 2 saturated carbocycles. The van der Waals surface area contributed by atoms with Crippen molar-refractivity contribution in [2.75, 3.05) is 19.6 Å². The van der Waals surface area contributed by atoms with Gasteiger partial charge >= 0.3 is 0 Å². The molecule has 19 heavy (non-hydrogen) atoms. The fourth-order valence-electron chi connectivity index (χ4n) is 2.64. The summed E-state index contributed by atoms with van der Waals surface area (Å²) in [7, 11) is 0. The zero-order valence-corrected chi connectivity index (χ0v) is 11.4. The van der Waals surface area contributed by atoms with Crippen LogP contribution in [0.5, 0.6) is 0 Å². The third-order valence-electron chi connectivity index (χ3n) is 4.23. The molecular weight excluding hydrogens is 242 g/mol. The predicted octanol–water partition coefficient (Wildman–Crippen LogP) is 0.256. The van der Waals surface area contributed by atoms with Crippen LogP contribution in [0.2, 0.25) is 0 Å².